The van der Waals surface area contributed by atoms with Crippen LogP contribution >= 0.6 is 11.3 Å². The highest BCUT2D eigenvalue weighted by molar-refractivity contribution is 7.12. The molecule has 1 rings (SSSR count). The van der Waals surface area contributed by atoms with Crippen molar-refractivity contribution in [2.45, 2.75) is 32.7 Å². The standard InChI is InChI=1S/C9H14N2O2S/c1-9(2,3)8-11-6(7(12)13)5(4-10)14-8/h4,10H2,1-3H3,(H,12,13). The Labute approximate surface area is 86.8 Å². The number of nitrogens with zero attached hydrogens (tertiary/aromatic N) is 1. The lowest BCUT2D eigenvalue weighted by atomic mass is 9.98. The maximum absolute atomic E-state index is 10.8. The highest BCUT2D eigenvalue weighted by atomic mass is 32.1. The Morgan fingerprint density at radius 3 is 2.43 bits per heavy atom. The molecule has 0 saturated carbocycles. The number of rotatable bonds is 2. The molecule has 0 aromatic carbocycles. The molecule has 0 aliphatic rings. The molecule has 5 heteroatoms. The summed E-state index contributed by atoms with van der Waals surface area (Å²) in [5, 5.41) is 9.68. The lowest BCUT2D eigenvalue weighted by Gasteiger charge is -2.13. The largest absolute Gasteiger partial charge is 0.476 e. The van der Waals surface area contributed by atoms with Gasteiger partial charge in [-0.3, -0.25) is 0 Å². The van der Waals surface area contributed by atoms with E-state index in [4.69, 9.17) is 10.8 Å². The molecular weight excluding hydrogens is 200 g/mol. The van der Waals surface area contributed by atoms with E-state index in [-0.39, 0.29) is 17.7 Å². The van der Waals surface area contributed by atoms with Gasteiger partial charge in [0, 0.05) is 12.0 Å². The first-order valence-electron chi connectivity index (χ1n) is 4.29. The molecule has 1 aromatic heterocycles. The monoisotopic (exact) mass is 214 g/mol. The van der Waals surface area contributed by atoms with Gasteiger partial charge in [-0.05, 0) is 0 Å². The van der Waals surface area contributed by atoms with Crippen LogP contribution in [0, 0.1) is 0 Å². The Balaban J connectivity index is 3.20. The second kappa shape index (κ2) is 3.67. The Kier molecular flexibility index (Phi) is 2.92. The quantitative estimate of drug-likeness (QED) is 0.784. The number of nitrogens with two attached hydrogens (primary N) is 1. The zero-order valence-electron chi connectivity index (χ0n) is 8.50. The second-order valence-corrected chi connectivity index (χ2v) is 5.13. The van der Waals surface area contributed by atoms with Crippen molar-refractivity contribution in [3.63, 3.8) is 0 Å². The zero-order valence-corrected chi connectivity index (χ0v) is 9.31. The minimum atomic E-state index is -1.00. The molecule has 0 bridgehead atoms. The van der Waals surface area contributed by atoms with E-state index in [0.717, 1.165) is 5.01 Å². The van der Waals surface area contributed by atoms with Crippen LogP contribution in [-0.4, -0.2) is 16.1 Å². The molecule has 4 nitrogen and oxygen atoms in total. The summed E-state index contributed by atoms with van der Waals surface area (Å²) in [4.78, 5) is 15.5. The number of carboxylic acids is 1. The molecule has 0 fully saturated rings. The van der Waals surface area contributed by atoms with E-state index in [0.29, 0.717) is 4.88 Å². The van der Waals surface area contributed by atoms with E-state index in [9.17, 15) is 4.79 Å². The first-order valence-corrected chi connectivity index (χ1v) is 5.11. The van der Waals surface area contributed by atoms with E-state index in [1.54, 1.807) is 0 Å². The maximum atomic E-state index is 10.8. The predicted octanol–water partition coefficient (Wildman–Crippen LogP) is 1.60. The summed E-state index contributed by atoms with van der Waals surface area (Å²) in [5.74, 6) is -1.00. The fraction of sp³-hybridized carbons (Fsp3) is 0.556. The van der Waals surface area contributed by atoms with Crippen LogP contribution in [0.3, 0.4) is 0 Å². The molecule has 78 valence electrons. The van der Waals surface area contributed by atoms with Crippen molar-refractivity contribution >= 4 is 17.3 Å². The molecule has 14 heavy (non-hydrogen) atoms. The summed E-state index contributed by atoms with van der Waals surface area (Å²) in [6, 6.07) is 0. The Morgan fingerprint density at radius 1 is 1.57 bits per heavy atom. The first kappa shape index (κ1) is 11.1. The van der Waals surface area contributed by atoms with Gasteiger partial charge in [-0.25, -0.2) is 9.78 Å². The number of aromatic carboxylic acids is 1. The van der Waals surface area contributed by atoms with Gasteiger partial charge >= 0.3 is 5.97 Å². The SMILES string of the molecule is CC(C)(C)c1nc(C(=O)O)c(CN)s1. The van der Waals surface area contributed by atoms with Gasteiger partial charge < -0.3 is 10.8 Å². The van der Waals surface area contributed by atoms with Crippen molar-refractivity contribution in [1.82, 2.24) is 4.98 Å². The molecule has 0 spiro atoms. The van der Waals surface area contributed by atoms with Crippen molar-refractivity contribution in [3.05, 3.63) is 15.6 Å². The lowest BCUT2D eigenvalue weighted by molar-refractivity contribution is 0.0690. The third-order valence-corrected chi connectivity index (χ3v) is 3.23. The molecule has 1 heterocycles. The summed E-state index contributed by atoms with van der Waals surface area (Å²) in [6.07, 6.45) is 0. The van der Waals surface area contributed by atoms with Crippen LogP contribution in [-0.2, 0) is 12.0 Å². The molecule has 0 unspecified atom stereocenters. The van der Waals surface area contributed by atoms with Gasteiger partial charge in [0.1, 0.15) is 0 Å². The van der Waals surface area contributed by atoms with Crippen molar-refractivity contribution in [2.75, 3.05) is 0 Å². The van der Waals surface area contributed by atoms with Crippen LogP contribution in [0.1, 0.15) is 41.1 Å². The normalized spacial score (nSPS) is 11.7. The van der Waals surface area contributed by atoms with Crippen LogP contribution in [0.5, 0.6) is 0 Å². The molecule has 0 radical (unpaired) electrons. The summed E-state index contributed by atoms with van der Waals surface area (Å²) in [6.45, 7) is 6.22. The molecular formula is C9H14N2O2S. The van der Waals surface area contributed by atoms with Gasteiger partial charge in [-0.2, -0.15) is 0 Å². The van der Waals surface area contributed by atoms with Crippen LogP contribution in [0.2, 0.25) is 0 Å². The molecule has 1 aromatic rings. The molecule has 0 aliphatic heterocycles. The lowest BCUT2D eigenvalue weighted by Crippen LogP contribution is -2.11. The van der Waals surface area contributed by atoms with Gasteiger partial charge in [0.2, 0.25) is 0 Å². The van der Waals surface area contributed by atoms with Gasteiger partial charge in [-0.15, -0.1) is 11.3 Å². The summed E-state index contributed by atoms with van der Waals surface area (Å²) in [7, 11) is 0. The summed E-state index contributed by atoms with van der Waals surface area (Å²) in [5.41, 5.74) is 5.43. The Hall–Kier alpha value is -0.940. The van der Waals surface area contributed by atoms with Crippen molar-refractivity contribution in [2.24, 2.45) is 5.73 Å². The molecule has 3 N–H and O–H groups in total. The third kappa shape index (κ3) is 2.10. The topological polar surface area (TPSA) is 76.2 Å². The van der Waals surface area contributed by atoms with Crippen LogP contribution in [0.15, 0.2) is 0 Å². The minimum absolute atomic E-state index is 0.0995. The average molecular weight is 214 g/mol. The zero-order chi connectivity index (χ0) is 10.9. The molecule has 0 amide bonds. The van der Waals surface area contributed by atoms with Crippen molar-refractivity contribution in [1.29, 1.82) is 0 Å². The Morgan fingerprint density at radius 2 is 2.14 bits per heavy atom. The Bertz CT molecular complexity index is 352. The van der Waals surface area contributed by atoms with Crippen molar-refractivity contribution < 1.29 is 9.90 Å². The first-order chi connectivity index (χ1) is 6.36. The van der Waals surface area contributed by atoms with E-state index < -0.39 is 5.97 Å². The van der Waals surface area contributed by atoms with Gasteiger partial charge in [0.15, 0.2) is 5.69 Å². The van der Waals surface area contributed by atoms with Gasteiger partial charge in [0.05, 0.1) is 9.88 Å². The minimum Gasteiger partial charge on any atom is -0.476 e. The fourth-order valence-corrected chi connectivity index (χ4v) is 1.97. The highest BCUT2D eigenvalue weighted by Gasteiger charge is 2.23. The number of carboxylic acid groups (broad SMARTS) is 1. The van der Waals surface area contributed by atoms with Gasteiger partial charge in [-0.1, -0.05) is 20.8 Å². The predicted molar refractivity (Wildman–Crippen MR) is 55.7 cm³/mol. The number of hydrogen-bond acceptors (Lipinski definition) is 4. The average Bonchev–Trinajstić information content (AvgIpc) is 2.45. The number of carbonyl (C=O) groups is 1. The number of thiazole rings is 1. The second-order valence-electron chi connectivity index (χ2n) is 4.05. The molecule has 0 saturated heterocycles. The number of hydrogen-bond donors (Lipinski definition) is 2. The summed E-state index contributed by atoms with van der Waals surface area (Å²) < 4.78 is 0. The highest BCUT2D eigenvalue weighted by Crippen LogP contribution is 2.29. The molecule has 0 aliphatic carbocycles. The molecule has 0 atom stereocenters. The summed E-state index contributed by atoms with van der Waals surface area (Å²) >= 11 is 1.38. The maximum Gasteiger partial charge on any atom is 0.355 e. The number of aromatic nitrogens is 1. The van der Waals surface area contributed by atoms with E-state index >= 15 is 0 Å². The third-order valence-electron chi connectivity index (χ3n) is 1.73. The van der Waals surface area contributed by atoms with Crippen LogP contribution in [0.25, 0.3) is 0 Å². The van der Waals surface area contributed by atoms with E-state index in [1.807, 2.05) is 20.8 Å². The van der Waals surface area contributed by atoms with Gasteiger partial charge in [0.25, 0.3) is 0 Å². The smallest absolute Gasteiger partial charge is 0.355 e. The van der Waals surface area contributed by atoms with Crippen molar-refractivity contribution in [3.8, 4) is 0 Å². The fourth-order valence-electron chi connectivity index (χ4n) is 0.978. The van der Waals surface area contributed by atoms with E-state index in [1.165, 1.54) is 11.3 Å². The van der Waals surface area contributed by atoms with Crippen LogP contribution < -0.4 is 5.73 Å². The van der Waals surface area contributed by atoms with E-state index in [2.05, 4.69) is 4.98 Å². The van der Waals surface area contributed by atoms with Crippen LogP contribution in [0.4, 0.5) is 0 Å².